The fraction of sp³-hybridized carbons (Fsp3) is 0.250. The van der Waals surface area contributed by atoms with Gasteiger partial charge < -0.3 is 4.42 Å². The molecule has 0 saturated heterocycles. The Morgan fingerprint density at radius 2 is 1.00 bits per heavy atom. The van der Waals surface area contributed by atoms with Gasteiger partial charge in [-0.1, -0.05) is 75.7 Å². The first-order chi connectivity index (χ1) is 15.1. The molecule has 0 spiro atoms. The Hall–Kier alpha value is -1.41. The molecule has 0 aliphatic heterocycles. The van der Waals surface area contributed by atoms with Gasteiger partial charge in [-0.05, 0) is 34.6 Å². The van der Waals surface area contributed by atoms with Crippen molar-refractivity contribution in [3.05, 3.63) is 72.2 Å². The molecule has 0 bridgehead atoms. The molecule has 172 valence electrons. The van der Waals surface area contributed by atoms with Crippen molar-refractivity contribution in [3.8, 4) is 0 Å². The van der Waals surface area contributed by atoms with E-state index < -0.39 is 16.1 Å². The first kappa shape index (κ1) is 26.8. The number of halogens is 2. The number of para-hydroxylation sites is 2. The molecule has 3 nitrogen and oxygen atoms in total. The van der Waals surface area contributed by atoms with Gasteiger partial charge in [-0.2, -0.15) is 0 Å². The number of aliphatic imine (C=N–C) groups is 2. The molecule has 0 saturated carbocycles. The standard InChI is InChI=1S/C24H30N2OSi2.2ClH.Fe/c1-28(2,3)23-13-9-7-11-21(23)25-17-19-15-16-20(27-19)18-26-22-12-8-10-14-24(22)29(4,5)6;;;/h7-18H,1-6H3;2*1H;/q;;;+2/p-2. The summed E-state index contributed by atoms with van der Waals surface area (Å²) in [6.07, 6.45) is 3.60. The Morgan fingerprint density at radius 3 is 1.34 bits per heavy atom. The van der Waals surface area contributed by atoms with Gasteiger partial charge in [0.25, 0.3) is 0 Å². The summed E-state index contributed by atoms with van der Waals surface area (Å²) in [5.41, 5.74) is 2.06. The van der Waals surface area contributed by atoms with Gasteiger partial charge in [0.1, 0.15) is 11.5 Å². The monoisotopic (exact) mass is 544 g/mol. The van der Waals surface area contributed by atoms with Crippen LogP contribution in [0.15, 0.2) is 75.1 Å². The summed E-state index contributed by atoms with van der Waals surface area (Å²) in [6.45, 7) is 14.0. The normalized spacial score (nSPS) is 12.4. The van der Waals surface area contributed by atoms with E-state index in [9.17, 15) is 0 Å². The van der Waals surface area contributed by atoms with Crippen molar-refractivity contribution in [3.63, 3.8) is 0 Å². The average molecular weight is 545 g/mol. The summed E-state index contributed by atoms with van der Waals surface area (Å²) < 4.78 is 5.90. The molecular formula is C24H30Cl2FeN2OSi2. The SMILES string of the molecule is C[Si](C)(C)c1ccccc1N=Cc1ccc(C=Nc2ccccc2[Si](C)(C)C)o1.[Cl][Fe][Cl]. The van der Waals surface area contributed by atoms with E-state index in [0.29, 0.717) is 0 Å². The van der Waals surface area contributed by atoms with Crippen molar-refractivity contribution in [1.82, 2.24) is 0 Å². The quantitative estimate of drug-likeness (QED) is 0.238. The van der Waals surface area contributed by atoms with Gasteiger partial charge in [0, 0.05) is 0 Å². The summed E-state index contributed by atoms with van der Waals surface area (Å²) in [6, 6.07) is 20.6. The molecule has 3 aromatic rings. The van der Waals surface area contributed by atoms with Crippen LogP contribution in [0, 0.1) is 0 Å². The molecule has 0 amide bonds. The number of nitrogens with zero attached hydrogens (tertiary/aromatic N) is 2. The van der Waals surface area contributed by atoms with Gasteiger partial charge in [0.05, 0.1) is 40.0 Å². The number of rotatable bonds is 6. The molecule has 1 aromatic heterocycles. The predicted molar refractivity (Wildman–Crippen MR) is 144 cm³/mol. The van der Waals surface area contributed by atoms with Crippen molar-refractivity contribution in [2.45, 2.75) is 39.3 Å². The van der Waals surface area contributed by atoms with Gasteiger partial charge in [-0.3, -0.25) is 9.98 Å². The Morgan fingerprint density at radius 1 is 0.656 bits per heavy atom. The van der Waals surface area contributed by atoms with E-state index in [2.05, 4.69) is 75.7 Å². The summed E-state index contributed by atoms with van der Waals surface area (Å²) in [5.74, 6) is 1.46. The van der Waals surface area contributed by atoms with Crippen LogP contribution < -0.4 is 10.4 Å². The van der Waals surface area contributed by atoms with Gasteiger partial charge in [-0.25, -0.2) is 0 Å². The molecule has 0 unspecified atom stereocenters. The number of hydrogen-bond acceptors (Lipinski definition) is 3. The third-order valence-corrected chi connectivity index (χ3v) is 8.81. The number of furan rings is 1. The van der Waals surface area contributed by atoms with Crippen LogP contribution in [0.4, 0.5) is 11.4 Å². The molecule has 3 rings (SSSR count). The second-order valence-corrected chi connectivity index (χ2v) is 21.2. The maximum atomic E-state index is 5.90. The van der Waals surface area contributed by atoms with E-state index in [0.717, 1.165) is 22.9 Å². The molecule has 0 aliphatic rings. The van der Waals surface area contributed by atoms with Crippen LogP contribution in [-0.4, -0.2) is 28.6 Å². The summed E-state index contributed by atoms with van der Waals surface area (Å²) in [4.78, 5) is 9.40. The Balaban J connectivity index is 0.00000114. The third kappa shape index (κ3) is 8.18. The molecule has 32 heavy (non-hydrogen) atoms. The Bertz CT molecular complexity index is 988. The van der Waals surface area contributed by atoms with Crippen molar-refractivity contribution >= 4 is 70.5 Å². The first-order valence-corrected chi connectivity index (χ1v) is 20.3. The molecule has 0 N–H and O–H groups in total. The van der Waals surface area contributed by atoms with Gasteiger partial charge in [-0.15, -0.1) is 0 Å². The van der Waals surface area contributed by atoms with Crippen LogP contribution >= 0.6 is 20.2 Å². The van der Waals surface area contributed by atoms with Crippen LogP contribution in [0.25, 0.3) is 0 Å². The zero-order chi connectivity index (χ0) is 23.8. The molecule has 1 heterocycles. The van der Waals surface area contributed by atoms with E-state index in [4.69, 9.17) is 34.6 Å². The maximum absolute atomic E-state index is 5.90. The minimum absolute atomic E-state index is 0.194. The summed E-state index contributed by atoms with van der Waals surface area (Å²) in [7, 11) is 6.64. The first-order valence-electron chi connectivity index (χ1n) is 10.3. The third-order valence-electron chi connectivity index (χ3n) is 4.73. The number of benzene rings is 2. The summed E-state index contributed by atoms with van der Waals surface area (Å²) >= 11 is 0.194. The minimum atomic E-state index is -1.44. The molecule has 0 fully saturated rings. The molecular weight excluding hydrogens is 515 g/mol. The second kappa shape index (κ2) is 12.2. The Labute approximate surface area is 208 Å². The molecule has 0 radical (unpaired) electrons. The van der Waals surface area contributed by atoms with Crippen LogP contribution in [0.2, 0.25) is 39.3 Å². The van der Waals surface area contributed by atoms with Crippen molar-refractivity contribution in [1.29, 1.82) is 0 Å². The zero-order valence-corrected chi connectivity index (χ0v) is 24.0. The van der Waals surface area contributed by atoms with Crippen LogP contribution in [-0.2, 0) is 13.1 Å². The van der Waals surface area contributed by atoms with Crippen LogP contribution in [0.1, 0.15) is 11.5 Å². The van der Waals surface area contributed by atoms with Crippen molar-refractivity contribution in [2.75, 3.05) is 0 Å². The Kier molecular flexibility index (Phi) is 10.2. The second-order valence-electron chi connectivity index (χ2n) is 9.34. The van der Waals surface area contributed by atoms with Gasteiger partial charge in [0.2, 0.25) is 0 Å². The van der Waals surface area contributed by atoms with Gasteiger partial charge >= 0.3 is 33.3 Å². The van der Waals surface area contributed by atoms with Crippen molar-refractivity contribution in [2.24, 2.45) is 9.98 Å². The van der Waals surface area contributed by atoms with E-state index in [-0.39, 0.29) is 13.1 Å². The molecule has 8 heteroatoms. The topological polar surface area (TPSA) is 37.9 Å². The van der Waals surface area contributed by atoms with Gasteiger partial charge in [0.15, 0.2) is 0 Å². The average Bonchev–Trinajstić information content (AvgIpc) is 3.18. The van der Waals surface area contributed by atoms with Crippen LogP contribution in [0.5, 0.6) is 0 Å². The van der Waals surface area contributed by atoms with E-state index in [1.54, 1.807) is 12.4 Å². The molecule has 0 aliphatic carbocycles. The molecule has 2 aromatic carbocycles. The van der Waals surface area contributed by atoms with Crippen LogP contribution in [0.3, 0.4) is 0 Å². The van der Waals surface area contributed by atoms with E-state index in [1.165, 1.54) is 10.4 Å². The molecule has 0 atom stereocenters. The fourth-order valence-corrected chi connectivity index (χ4v) is 6.24. The fourth-order valence-electron chi connectivity index (χ4n) is 3.21. The van der Waals surface area contributed by atoms with E-state index in [1.807, 2.05) is 24.3 Å². The zero-order valence-electron chi connectivity index (χ0n) is 19.3. The predicted octanol–water partition coefficient (Wildman–Crippen LogP) is 7.25. The number of hydrogen-bond donors (Lipinski definition) is 0. The van der Waals surface area contributed by atoms with E-state index >= 15 is 0 Å². The summed E-state index contributed by atoms with van der Waals surface area (Å²) in [5, 5.41) is 2.71. The van der Waals surface area contributed by atoms with Crippen molar-refractivity contribution < 1.29 is 17.6 Å².